The molecule has 4 heteroatoms. The van der Waals surface area contributed by atoms with Crippen LogP contribution in [0.5, 0.6) is 0 Å². The Morgan fingerprint density at radius 1 is 1.60 bits per heavy atom. The summed E-state index contributed by atoms with van der Waals surface area (Å²) in [6.45, 7) is 3.27. The molecule has 0 radical (unpaired) electrons. The first-order valence-corrected chi connectivity index (χ1v) is 4.56. The molecule has 0 aromatic heterocycles. The van der Waals surface area contributed by atoms with Gasteiger partial charge in [-0.3, -0.25) is 4.55 Å². The zero-order chi connectivity index (χ0) is 8.20. The summed E-state index contributed by atoms with van der Waals surface area (Å²) < 4.78 is 29.2. The van der Waals surface area contributed by atoms with Crippen LogP contribution in [0.4, 0.5) is 0 Å². The van der Waals surface area contributed by atoms with Gasteiger partial charge in [-0.2, -0.15) is 8.42 Å². The highest BCUT2D eigenvalue weighted by molar-refractivity contribution is 7.86. The van der Waals surface area contributed by atoms with Crippen LogP contribution in [-0.2, 0) is 10.1 Å². The first kappa shape index (κ1) is 9.65. The van der Waals surface area contributed by atoms with Gasteiger partial charge in [0.15, 0.2) is 0 Å². The summed E-state index contributed by atoms with van der Waals surface area (Å²) in [6, 6.07) is 0. The number of rotatable bonds is 3. The molecule has 3 nitrogen and oxygen atoms in total. The molecule has 0 fully saturated rings. The summed E-state index contributed by atoms with van der Waals surface area (Å²) in [4.78, 5) is 0. The lowest BCUT2D eigenvalue weighted by Gasteiger charge is -2.02. The van der Waals surface area contributed by atoms with Crippen LogP contribution in [0.3, 0.4) is 0 Å². The molecule has 0 aromatic carbocycles. The minimum atomic E-state index is -3.83. The Kier molecular flexibility index (Phi) is 3.60. The molecule has 0 aliphatic heterocycles. The molecule has 0 heterocycles. The van der Waals surface area contributed by atoms with Crippen LogP contribution in [0.15, 0.2) is 12.2 Å². The van der Waals surface area contributed by atoms with E-state index in [-0.39, 0.29) is 0 Å². The van der Waals surface area contributed by atoms with E-state index < -0.39 is 15.4 Å². The quantitative estimate of drug-likeness (QED) is 0.504. The van der Waals surface area contributed by atoms with Crippen molar-refractivity contribution in [1.82, 2.24) is 0 Å². The second-order valence-corrected chi connectivity index (χ2v) is 3.97. The van der Waals surface area contributed by atoms with E-state index >= 15 is 0 Å². The van der Waals surface area contributed by atoms with E-state index in [1.54, 1.807) is 19.1 Å². The second kappa shape index (κ2) is 3.73. The van der Waals surface area contributed by atoms with Crippen LogP contribution < -0.4 is 0 Å². The Balaban J connectivity index is 3.99. The summed E-state index contributed by atoms with van der Waals surface area (Å²) >= 11 is 0. The molecule has 10 heavy (non-hydrogen) atoms. The molecule has 0 aromatic rings. The van der Waals surface area contributed by atoms with Crippen LogP contribution in [-0.4, -0.2) is 18.2 Å². The third-order valence-corrected chi connectivity index (χ3v) is 2.42. The van der Waals surface area contributed by atoms with Gasteiger partial charge in [-0.15, -0.1) is 0 Å². The molecule has 0 bridgehead atoms. The van der Waals surface area contributed by atoms with Gasteiger partial charge < -0.3 is 0 Å². The molecule has 0 spiro atoms. The SMILES string of the molecule is CC=CCC(C)S(=O)(=O)O. The number of hydrogen-bond donors (Lipinski definition) is 1. The first-order chi connectivity index (χ1) is 4.48. The van der Waals surface area contributed by atoms with Gasteiger partial charge in [-0.05, 0) is 20.3 Å². The normalized spacial score (nSPS) is 15.9. The first-order valence-electron chi connectivity index (χ1n) is 3.06. The Bertz CT molecular complexity index is 203. The summed E-state index contributed by atoms with van der Waals surface area (Å²) in [5.74, 6) is 0. The maximum absolute atomic E-state index is 10.4. The van der Waals surface area contributed by atoms with Crippen LogP contribution >= 0.6 is 0 Å². The van der Waals surface area contributed by atoms with Crippen molar-refractivity contribution in [3.63, 3.8) is 0 Å². The van der Waals surface area contributed by atoms with Gasteiger partial charge in [0.1, 0.15) is 0 Å². The van der Waals surface area contributed by atoms with Crippen molar-refractivity contribution in [3.05, 3.63) is 12.2 Å². The van der Waals surface area contributed by atoms with Crippen molar-refractivity contribution in [2.45, 2.75) is 25.5 Å². The Hall–Kier alpha value is -0.350. The lowest BCUT2D eigenvalue weighted by atomic mass is 10.3. The van der Waals surface area contributed by atoms with E-state index in [4.69, 9.17) is 4.55 Å². The van der Waals surface area contributed by atoms with Gasteiger partial charge in [0, 0.05) is 0 Å². The van der Waals surface area contributed by atoms with Gasteiger partial charge in [0.2, 0.25) is 0 Å². The molecule has 0 aliphatic carbocycles. The fourth-order valence-electron chi connectivity index (χ4n) is 0.449. The summed E-state index contributed by atoms with van der Waals surface area (Å²) in [6.07, 6.45) is 3.83. The molecule has 1 atom stereocenters. The molecule has 1 unspecified atom stereocenters. The van der Waals surface area contributed by atoms with E-state index in [1.807, 2.05) is 0 Å². The third-order valence-electron chi connectivity index (χ3n) is 1.21. The Morgan fingerprint density at radius 2 is 2.10 bits per heavy atom. The topological polar surface area (TPSA) is 54.4 Å². The summed E-state index contributed by atoms with van der Waals surface area (Å²) in [5, 5.41) is -0.691. The summed E-state index contributed by atoms with van der Waals surface area (Å²) in [5.41, 5.74) is 0. The predicted molar refractivity (Wildman–Crippen MR) is 40.4 cm³/mol. The van der Waals surface area contributed by atoms with Crippen LogP contribution in [0.1, 0.15) is 20.3 Å². The highest BCUT2D eigenvalue weighted by atomic mass is 32.2. The number of allylic oxidation sites excluding steroid dienone is 2. The smallest absolute Gasteiger partial charge is 0.267 e. The summed E-state index contributed by atoms with van der Waals surface area (Å²) in [7, 11) is -3.83. The predicted octanol–water partition coefficient (Wildman–Crippen LogP) is 1.23. The fourth-order valence-corrected chi connectivity index (χ4v) is 0.804. The Morgan fingerprint density at radius 3 is 2.40 bits per heavy atom. The average molecular weight is 164 g/mol. The maximum Gasteiger partial charge on any atom is 0.267 e. The Labute approximate surface area is 61.5 Å². The molecule has 0 aliphatic rings. The van der Waals surface area contributed by atoms with Crippen LogP contribution in [0, 0.1) is 0 Å². The highest BCUT2D eigenvalue weighted by Gasteiger charge is 2.14. The molecule has 0 saturated carbocycles. The fraction of sp³-hybridized carbons (Fsp3) is 0.667. The zero-order valence-corrected chi connectivity index (χ0v) is 6.93. The third kappa shape index (κ3) is 3.63. The van der Waals surface area contributed by atoms with Gasteiger partial charge in [-0.25, -0.2) is 0 Å². The zero-order valence-electron chi connectivity index (χ0n) is 6.11. The van der Waals surface area contributed by atoms with Crippen molar-refractivity contribution in [2.24, 2.45) is 0 Å². The lowest BCUT2D eigenvalue weighted by molar-refractivity contribution is 0.470. The molecular weight excluding hydrogens is 152 g/mol. The monoisotopic (exact) mass is 164 g/mol. The molecule has 0 rings (SSSR count). The highest BCUT2D eigenvalue weighted by Crippen LogP contribution is 2.02. The maximum atomic E-state index is 10.4. The van der Waals surface area contributed by atoms with Gasteiger partial charge in [0.05, 0.1) is 5.25 Å². The number of hydrogen-bond acceptors (Lipinski definition) is 2. The van der Waals surface area contributed by atoms with Crippen molar-refractivity contribution < 1.29 is 13.0 Å². The van der Waals surface area contributed by atoms with Crippen molar-refractivity contribution in [2.75, 3.05) is 0 Å². The second-order valence-electron chi connectivity index (χ2n) is 2.13. The molecular formula is C6H12O3S. The van der Waals surface area contributed by atoms with Gasteiger partial charge in [-0.1, -0.05) is 12.2 Å². The van der Waals surface area contributed by atoms with E-state index in [0.29, 0.717) is 6.42 Å². The molecule has 0 saturated heterocycles. The molecule has 1 N–H and O–H groups in total. The van der Waals surface area contributed by atoms with E-state index in [2.05, 4.69) is 0 Å². The van der Waals surface area contributed by atoms with E-state index in [1.165, 1.54) is 6.92 Å². The minimum Gasteiger partial charge on any atom is -0.285 e. The van der Waals surface area contributed by atoms with Crippen LogP contribution in [0.2, 0.25) is 0 Å². The van der Waals surface area contributed by atoms with Crippen LogP contribution in [0.25, 0.3) is 0 Å². The van der Waals surface area contributed by atoms with Crippen molar-refractivity contribution in [3.8, 4) is 0 Å². The largest absolute Gasteiger partial charge is 0.285 e. The molecule has 60 valence electrons. The van der Waals surface area contributed by atoms with Crippen molar-refractivity contribution >= 4 is 10.1 Å². The van der Waals surface area contributed by atoms with Gasteiger partial charge >= 0.3 is 0 Å². The molecule has 0 amide bonds. The van der Waals surface area contributed by atoms with E-state index in [9.17, 15) is 8.42 Å². The standard InChI is InChI=1S/C6H12O3S/c1-3-4-5-6(2)10(7,8)9/h3-4,6H,5H2,1-2H3,(H,7,8,9). The van der Waals surface area contributed by atoms with Crippen molar-refractivity contribution in [1.29, 1.82) is 0 Å². The lowest BCUT2D eigenvalue weighted by Crippen LogP contribution is -2.15. The average Bonchev–Trinajstić information content (AvgIpc) is 1.80. The minimum absolute atomic E-state index is 0.370. The van der Waals surface area contributed by atoms with E-state index in [0.717, 1.165) is 0 Å². The van der Waals surface area contributed by atoms with Gasteiger partial charge in [0.25, 0.3) is 10.1 Å².